The highest BCUT2D eigenvalue weighted by atomic mass is 15.2. The molecular weight excluding hydrogens is 234 g/mol. The lowest BCUT2D eigenvalue weighted by atomic mass is 10.1. The lowest BCUT2D eigenvalue weighted by Gasteiger charge is -2.31. The van der Waals surface area contributed by atoms with Crippen LogP contribution in [0, 0.1) is 5.92 Å². The maximum Gasteiger partial charge on any atom is 0.0544 e. The van der Waals surface area contributed by atoms with Crippen LogP contribution in [-0.4, -0.2) is 22.5 Å². The molecule has 0 aliphatic rings. The number of nitrogens with two attached hydrogens (primary N) is 1. The van der Waals surface area contributed by atoms with Gasteiger partial charge in [0.05, 0.1) is 5.69 Å². The smallest absolute Gasteiger partial charge is 0.0544 e. The van der Waals surface area contributed by atoms with Gasteiger partial charge in [0, 0.05) is 31.9 Å². The Balaban J connectivity index is 2.74. The maximum absolute atomic E-state index is 5.61. The van der Waals surface area contributed by atoms with Crippen LogP contribution in [0.4, 0.5) is 0 Å². The molecule has 1 aromatic heterocycles. The van der Waals surface area contributed by atoms with Crippen molar-refractivity contribution >= 4 is 0 Å². The summed E-state index contributed by atoms with van der Waals surface area (Å²) in [6.45, 7) is 11.7. The van der Waals surface area contributed by atoms with Crippen molar-refractivity contribution in [1.82, 2.24) is 9.88 Å². The zero-order valence-corrected chi connectivity index (χ0v) is 12.9. The van der Waals surface area contributed by atoms with E-state index in [1.807, 2.05) is 6.20 Å². The maximum atomic E-state index is 5.61. The standard InChI is InChI=1S/C16H29N3/c1-5-16(6-2)19(11-13(3)4)12-15-8-7-14(9-17)10-18-15/h7-8,10,13,16H,5-6,9,11-12,17H2,1-4H3. The highest BCUT2D eigenvalue weighted by Crippen LogP contribution is 2.15. The van der Waals surface area contributed by atoms with Gasteiger partial charge < -0.3 is 5.73 Å². The van der Waals surface area contributed by atoms with Gasteiger partial charge in [-0.1, -0.05) is 33.8 Å². The van der Waals surface area contributed by atoms with Gasteiger partial charge in [-0.15, -0.1) is 0 Å². The Labute approximate surface area is 118 Å². The van der Waals surface area contributed by atoms with Gasteiger partial charge in [-0.2, -0.15) is 0 Å². The van der Waals surface area contributed by atoms with Crippen LogP contribution in [-0.2, 0) is 13.1 Å². The zero-order valence-electron chi connectivity index (χ0n) is 12.9. The summed E-state index contributed by atoms with van der Waals surface area (Å²) in [6, 6.07) is 4.85. The first-order valence-corrected chi connectivity index (χ1v) is 7.48. The molecule has 1 rings (SSSR count). The molecule has 0 atom stereocenters. The first kappa shape index (κ1) is 16.1. The van der Waals surface area contributed by atoms with Gasteiger partial charge in [0.15, 0.2) is 0 Å². The van der Waals surface area contributed by atoms with Crippen molar-refractivity contribution in [2.24, 2.45) is 11.7 Å². The lowest BCUT2D eigenvalue weighted by molar-refractivity contribution is 0.155. The second kappa shape index (κ2) is 8.28. The molecule has 19 heavy (non-hydrogen) atoms. The summed E-state index contributed by atoms with van der Waals surface area (Å²) in [4.78, 5) is 7.09. The molecule has 0 bridgehead atoms. The van der Waals surface area contributed by atoms with Crippen molar-refractivity contribution in [3.8, 4) is 0 Å². The summed E-state index contributed by atoms with van der Waals surface area (Å²) in [6.07, 6.45) is 4.30. The van der Waals surface area contributed by atoms with Crippen molar-refractivity contribution in [3.63, 3.8) is 0 Å². The highest BCUT2D eigenvalue weighted by Gasteiger charge is 2.17. The number of nitrogens with zero attached hydrogens (tertiary/aromatic N) is 2. The predicted molar refractivity (Wildman–Crippen MR) is 81.7 cm³/mol. The first-order valence-electron chi connectivity index (χ1n) is 7.48. The average molecular weight is 263 g/mol. The molecule has 2 N–H and O–H groups in total. The molecule has 0 aliphatic carbocycles. The molecule has 1 heterocycles. The van der Waals surface area contributed by atoms with E-state index in [1.165, 1.54) is 12.8 Å². The van der Waals surface area contributed by atoms with Crippen LogP contribution in [0.25, 0.3) is 0 Å². The monoisotopic (exact) mass is 263 g/mol. The van der Waals surface area contributed by atoms with Crippen LogP contribution in [0.3, 0.4) is 0 Å². The molecule has 0 aliphatic heterocycles. The molecule has 0 saturated carbocycles. The van der Waals surface area contributed by atoms with E-state index in [4.69, 9.17) is 5.73 Å². The number of rotatable bonds is 8. The van der Waals surface area contributed by atoms with Gasteiger partial charge in [-0.05, 0) is 30.4 Å². The molecule has 1 aromatic rings. The summed E-state index contributed by atoms with van der Waals surface area (Å²) >= 11 is 0. The van der Waals surface area contributed by atoms with Crippen LogP contribution >= 0.6 is 0 Å². The van der Waals surface area contributed by atoms with Gasteiger partial charge in [0.25, 0.3) is 0 Å². The molecule has 0 spiro atoms. The predicted octanol–water partition coefficient (Wildman–Crippen LogP) is 3.19. The average Bonchev–Trinajstić information content (AvgIpc) is 2.40. The summed E-state index contributed by atoms with van der Waals surface area (Å²) < 4.78 is 0. The van der Waals surface area contributed by atoms with E-state index in [9.17, 15) is 0 Å². The minimum Gasteiger partial charge on any atom is -0.326 e. The van der Waals surface area contributed by atoms with Crippen LogP contribution in [0.15, 0.2) is 18.3 Å². The van der Waals surface area contributed by atoms with Gasteiger partial charge in [-0.25, -0.2) is 0 Å². The van der Waals surface area contributed by atoms with E-state index in [0.29, 0.717) is 18.5 Å². The van der Waals surface area contributed by atoms with E-state index >= 15 is 0 Å². The van der Waals surface area contributed by atoms with E-state index in [-0.39, 0.29) is 0 Å². The van der Waals surface area contributed by atoms with Crippen LogP contribution in [0.1, 0.15) is 51.8 Å². The Morgan fingerprint density at radius 3 is 2.32 bits per heavy atom. The fourth-order valence-electron chi connectivity index (χ4n) is 2.49. The SMILES string of the molecule is CCC(CC)N(Cc1ccc(CN)cn1)CC(C)C. The normalized spacial score (nSPS) is 11.8. The number of pyridine rings is 1. The number of aromatic nitrogens is 1. The Kier molecular flexibility index (Phi) is 7.03. The molecule has 0 aromatic carbocycles. The largest absolute Gasteiger partial charge is 0.326 e. The second-order valence-electron chi connectivity index (χ2n) is 5.66. The van der Waals surface area contributed by atoms with Crippen molar-refractivity contribution < 1.29 is 0 Å². The molecule has 108 valence electrons. The van der Waals surface area contributed by atoms with Crippen molar-refractivity contribution in [2.45, 2.75) is 59.7 Å². The summed E-state index contributed by atoms with van der Waals surface area (Å²) in [5.41, 5.74) is 7.85. The van der Waals surface area contributed by atoms with Crippen molar-refractivity contribution in [3.05, 3.63) is 29.6 Å². The molecule has 3 nitrogen and oxygen atoms in total. The molecule has 3 heteroatoms. The summed E-state index contributed by atoms with van der Waals surface area (Å²) in [5, 5.41) is 0. The Hall–Kier alpha value is -0.930. The van der Waals surface area contributed by atoms with E-state index in [1.54, 1.807) is 0 Å². The van der Waals surface area contributed by atoms with Gasteiger partial charge in [0.1, 0.15) is 0 Å². The van der Waals surface area contributed by atoms with Gasteiger partial charge in [0.2, 0.25) is 0 Å². The van der Waals surface area contributed by atoms with Crippen LogP contribution in [0.5, 0.6) is 0 Å². The number of hydrogen-bond acceptors (Lipinski definition) is 3. The minimum absolute atomic E-state index is 0.565. The molecular formula is C16H29N3. The third-order valence-corrected chi connectivity index (χ3v) is 3.55. The van der Waals surface area contributed by atoms with Crippen molar-refractivity contribution in [2.75, 3.05) is 6.54 Å². The summed E-state index contributed by atoms with van der Waals surface area (Å²) in [5.74, 6) is 0.684. The van der Waals surface area contributed by atoms with Crippen LogP contribution in [0.2, 0.25) is 0 Å². The molecule has 0 radical (unpaired) electrons. The molecule has 0 unspecified atom stereocenters. The summed E-state index contributed by atoms with van der Waals surface area (Å²) in [7, 11) is 0. The fourth-order valence-corrected chi connectivity index (χ4v) is 2.49. The van der Waals surface area contributed by atoms with Crippen molar-refractivity contribution in [1.29, 1.82) is 0 Å². The third-order valence-electron chi connectivity index (χ3n) is 3.55. The van der Waals surface area contributed by atoms with Gasteiger partial charge >= 0.3 is 0 Å². The minimum atomic E-state index is 0.565. The Morgan fingerprint density at radius 2 is 1.89 bits per heavy atom. The lowest BCUT2D eigenvalue weighted by Crippen LogP contribution is -2.37. The fraction of sp³-hybridized carbons (Fsp3) is 0.688. The number of hydrogen-bond donors (Lipinski definition) is 1. The van der Waals surface area contributed by atoms with E-state index < -0.39 is 0 Å². The van der Waals surface area contributed by atoms with Gasteiger partial charge in [-0.3, -0.25) is 9.88 Å². The van der Waals surface area contributed by atoms with Crippen LogP contribution < -0.4 is 5.73 Å². The Bertz CT molecular complexity index is 342. The van der Waals surface area contributed by atoms with E-state index in [0.717, 1.165) is 24.3 Å². The quantitative estimate of drug-likeness (QED) is 0.783. The van der Waals surface area contributed by atoms with E-state index in [2.05, 4.69) is 49.7 Å². The zero-order chi connectivity index (χ0) is 14.3. The molecule has 0 fully saturated rings. The Morgan fingerprint density at radius 1 is 1.21 bits per heavy atom. The third kappa shape index (κ3) is 5.29. The molecule has 0 amide bonds. The highest BCUT2D eigenvalue weighted by molar-refractivity contribution is 5.13. The topological polar surface area (TPSA) is 42.1 Å². The molecule has 0 saturated heterocycles. The second-order valence-corrected chi connectivity index (χ2v) is 5.66. The first-order chi connectivity index (χ1) is 9.10.